The molecule has 6 rings (SSSR count). The summed E-state index contributed by atoms with van der Waals surface area (Å²) in [6.45, 7) is 8.35. The van der Waals surface area contributed by atoms with Gasteiger partial charge in [-0.1, -0.05) is 66.5 Å². The number of nitrogens with zero attached hydrogens (tertiary/aromatic N) is 4. The molecule has 0 saturated carbocycles. The third kappa shape index (κ3) is 11.6. The number of benzene rings is 4. The van der Waals surface area contributed by atoms with E-state index in [4.69, 9.17) is 42.1 Å². The first-order chi connectivity index (χ1) is 30.4. The fraction of sp³-hybridized carbons (Fsp3) is 0.260. The highest BCUT2D eigenvalue weighted by Crippen LogP contribution is 2.38. The lowest BCUT2D eigenvalue weighted by Crippen LogP contribution is -2.26. The number of hydrogen-bond donors (Lipinski definition) is 2. The number of aliphatic hydroxyl groups is 1. The normalized spacial score (nSPS) is 11.8. The minimum atomic E-state index is -1.09. The first-order valence-electron chi connectivity index (χ1n) is 20.3. The molecule has 0 aliphatic rings. The second-order valence-corrected chi connectivity index (χ2v) is 15.9. The summed E-state index contributed by atoms with van der Waals surface area (Å²) in [6, 6.07) is 26.8. The molecule has 0 radical (unpaired) electrons. The minimum Gasteiger partial charge on any atom is -0.488 e. The van der Waals surface area contributed by atoms with E-state index in [2.05, 4.69) is 41.2 Å². The van der Waals surface area contributed by atoms with E-state index in [1.807, 2.05) is 50.2 Å². The Balaban J connectivity index is 1.19. The monoisotopic (exact) mass is 884 g/mol. The van der Waals surface area contributed by atoms with Crippen molar-refractivity contribution in [3.63, 3.8) is 0 Å². The summed E-state index contributed by atoms with van der Waals surface area (Å²) in [5, 5.41) is 39.2. The SMILES string of the molecule is CCc1cc(Cl)c(OCc2cccc(-c3cccc(COc4cc(OCc5cncc(C#N)c5)c(CC[C@H](C(=O)O)[C@@H](C)O)cc4Cl)c3C)c2C)cc1OCc1cncc(C#N)c1. The Morgan fingerprint density at radius 2 is 1.13 bits per heavy atom. The molecular formula is C50H46Cl2N4O7. The summed E-state index contributed by atoms with van der Waals surface area (Å²) >= 11 is 13.5. The topological polar surface area (TPSA) is 168 Å². The van der Waals surface area contributed by atoms with Crippen molar-refractivity contribution in [2.45, 2.75) is 79.5 Å². The molecule has 0 spiro atoms. The summed E-state index contributed by atoms with van der Waals surface area (Å²) < 4.78 is 25.1. The maximum absolute atomic E-state index is 11.8. The summed E-state index contributed by atoms with van der Waals surface area (Å²) in [4.78, 5) is 20.1. The van der Waals surface area contributed by atoms with Crippen molar-refractivity contribution in [1.82, 2.24) is 9.97 Å². The van der Waals surface area contributed by atoms with Crippen LogP contribution in [-0.4, -0.2) is 32.3 Å². The van der Waals surface area contributed by atoms with Gasteiger partial charge >= 0.3 is 5.97 Å². The Morgan fingerprint density at radius 3 is 1.57 bits per heavy atom. The number of aliphatic hydroxyl groups excluding tert-OH is 1. The predicted octanol–water partition coefficient (Wildman–Crippen LogP) is 10.7. The minimum absolute atomic E-state index is 0.0894. The number of nitriles is 2. The van der Waals surface area contributed by atoms with Crippen LogP contribution in [0.3, 0.4) is 0 Å². The largest absolute Gasteiger partial charge is 0.488 e. The van der Waals surface area contributed by atoms with Gasteiger partial charge in [0.15, 0.2) is 0 Å². The van der Waals surface area contributed by atoms with Crippen LogP contribution >= 0.6 is 23.2 Å². The average molecular weight is 886 g/mol. The maximum atomic E-state index is 11.8. The molecule has 6 aromatic rings. The van der Waals surface area contributed by atoms with Crippen LogP contribution in [0.5, 0.6) is 23.0 Å². The van der Waals surface area contributed by atoms with Crippen LogP contribution in [0.1, 0.15) is 75.9 Å². The van der Waals surface area contributed by atoms with Crippen LogP contribution in [0.2, 0.25) is 10.0 Å². The molecule has 2 heterocycles. The number of pyridine rings is 2. The van der Waals surface area contributed by atoms with Crippen molar-refractivity contribution in [2.24, 2.45) is 5.92 Å². The van der Waals surface area contributed by atoms with Crippen molar-refractivity contribution >= 4 is 29.2 Å². The van der Waals surface area contributed by atoms with E-state index in [-0.39, 0.29) is 39.3 Å². The highest BCUT2D eigenvalue weighted by Gasteiger charge is 2.24. The van der Waals surface area contributed by atoms with Gasteiger partial charge in [-0.3, -0.25) is 14.8 Å². The lowest BCUT2D eigenvalue weighted by molar-refractivity contribution is -0.145. The third-order valence-electron chi connectivity index (χ3n) is 10.8. The second kappa shape index (κ2) is 21.4. The number of rotatable bonds is 19. The number of aromatic nitrogens is 2. The first kappa shape index (κ1) is 45.9. The van der Waals surface area contributed by atoms with E-state index in [9.17, 15) is 25.5 Å². The summed E-state index contributed by atoms with van der Waals surface area (Å²) in [6.07, 6.45) is 6.32. The predicted molar refractivity (Wildman–Crippen MR) is 240 cm³/mol. The van der Waals surface area contributed by atoms with E-state index in [0.29, 0.717) is 61.7 Å². The molecule has 0 aliphatic carbocycles. The summed E-state index contributed by atoms with van der Waals surface area (Å²) in [5.41, 5.74) is 9.90. The Morgan fingerprint density at radius 1 is 0.667 bits per heavy atom. The fourth-order valence-corrected chi connectivity index (χ4v) is 7.63. The van der Waals surface area contributed by atoms with Crippen molar-refractivity contribution in [3.05, 3.63) is 163 Å². The quantitative estimate of drug-likeness (QED) is 0.0794. The van der Waals surface area contributed by atoms with Gasteiger partial charge in [-0.15, -0.1) is 0 Å². The molecule has 13 heteroatoms. The Bertz CT molecular complexity index is 2690. The number of carboxylic acids is 1. The van der Waals surface area contributed by atoms with Gasteiger partial charge in [0.2, 0.25) is 0 Å². The van der Waals surface area contributed by atoms with E-state index in [1.165, 1.54) is 19.3 Å². The highest BCUT2D eigenvalue weighted by molar-refractivity contribution is 6.32. The number of hydrogen-bond acceptors (Lipinski definition) is 10. The Hall–Kier alpha value is -6.63. The van der Waals surface area contributed by atoms with Gasteiger partial charge in [-0.05, 0) is 109 Å². The first-order valence-corrected chi connectivity index (χ1v) is 21.1. The zero-order chi connectivity index (χ0) is 45.0. The van der Waals surface area contributed by atoms with Crippen LogP contribution in [0.25, 0.3) is 11.1 Å². The molecule has 0 amide bonds. The fourth-order valence-electron chi connectivity index (χ4n) is 7.15. The molecule has 0 unspecified atom stereocenters. The van der Waals surface area contributed by atoms with Crippen molar-refractivity contribution in [3.8, 4) is 46.3 Å². The lowest BCUT2D eigenvalue weighted by Gasteiger charge is -2.19. The van der Waals surface area contributed by atoms with Crippen LogP contribution in [-0.2, 0) is 44.1 Å². The molecule has 0 bridgehead atoms. The molecular weight excluding hydrogens is 839 g/mol. The van der Waals surface area contributed by atoms with Gasteiger partial charge in [0.1, 0.15) is 61.6 Å². The van der Waals surface area contributed by atoms with Crippen LogP contribution in [0.4, 0.5) is 0 Å². The molecule has 0 saturated heterocycles. The number of aryl methyl sites for hydroxylation is 2. The number of halogens is 2. The second-order valence-electron chi connectivity index (χ2n) is 15.1. The molecule has 11 nitrogen and oxygen atoms in total. The van der Waals surface area contributed by atoms with Gasteiger partial charge in [0.05, 0.1) is 33.2 Å². The molecule has 322 valence electrons. The summed E-state index contributed by atoms with van der Waals surface area (Å²) in [7, 11) is 0. The van der Waals surface area contributed by atoms with Crippen LogP contribution in [0.15, 0.2) is 97.6 Å². The number of carbonyl (C=O) groups is 1. The highest BCUT2D eigenvalue weighted by atomic mass is 35.5. The van der Waals surface area contributed by atoms with E-state index >= 15 is 0 Å². The smallest absolute Gasteiger partial charge is 0.309 e. The molecule has 2 N–H and O–H groups in total. The van der Waals surface area contributed by atoms with E-state index in [0.717, 1.165) is 44.5 Å². The number of ether oxygens (including phenoxy) is 4. The lowest BCUT2D eigenvalue weighted by atomic mass is 9.92. The zero-order valence-electron chi connectivity index (χ0n) is 35.3. The zero-order valence-corrected chi connectivity index (χ0v) is 36.8. The van der Waals surface area contributed by atoms with Crippen LogP contribution in [0, 0.1) is 42.4 Å². The van der Waals surface area contributed by atoms with Gasteiger partial charge in [-0.25, -0.2) is 0 Å². The number of aliphatic carboxylic acids is 1. The van der Waals surface area contributed by atoms with E-state index < -0.39 is 18.0 Å². The van der Waals surface area contributed by atoms with Crippen molar-refractivity contribution in [1.29, 1.82) is 10.5 Å². The maximum Gasteiger partial charge on any atom is 0.309 e. The van der Waals surface area contributed by atoms with Gasteiger partial charge < -0.3 is 29.2 Å². The average Bonchev–Trinajstić information content (AvgIpc) is 3.28. The van der Waals surface area contributed by atoms with Gasteiger partial charge in [0, 0.05) is 48.0 Å². The third-order valence-corrected chi connectivity index (χ3v) is 11.4. The Labute approximate surface area is 377 Å². The molecule has 0 aliphatic heterocycles. The standard InChI is InChI=1S/C50H46Cl2N4O7/c1-5-37-16-44(51)48(18-46(37)60-26-35-14-33(20-53)22-55-24-35)62-28-39-8-6-10-41(30(39)2)42-11-7-9-40(31(42)3)29-63-49-19-47(61-27-36-15-34(21-54)23-56-25-36)38(17-45(49)52)12-13-43(32(4)57)50(58)59/h6-11,14-19,22-25,32,43,57H,5,12-13,26-29H2,1-4H3,(H,58,59)/t32-,43+/m1/s1. The van der Waals surface area contributed by atoms with Gasteiger partial charge in [-0.2, -0.15) is 10.5 Å². The molecule has 63 heavy (non-hydrogen) atoms. The molecule has 4 aromatic carbocycles. The van der Waals surface area contributed by atoms with Crippen molar-refractivity contribution in [2.75, 3.05) is 0 Å². The molecule has 0 fully saturated rings. The van der Waals surface area contributed by atoms with Crippen LogP contribution < -0.4 is 18.9 Å². The van der Waals surface area contributed by atoms with E-state index in [1.54, 1.807) is 36.7 Å². The molecule has 2 aromatic heterocycles. The number of carboxylic acid groups (broad SMARTS) is 1. The van der Waals surface area contributed by atoms with Crippen molar-refractivity contribution < 1.29 is 34.0 Å². The molecule has 2 atom stereocenters. The van der Waals surface area contributed by atoms with Gasteiger partial charge in [0.25, 0.3) is 0 Å². The Kier molecular flexibility index (Phi) is 15.6. The summed E-state index contributed by atoms with van der Waals surface area (Å²) in [5.74, 6) is -0.146.